The molecule has 0 unspecified atom stereocenters. The van der Waals surface area contributed by atoms with Crippen LogP contribution in [0.25, 0.3) is 11.3 Å². The van der Waals surface area contributed by atoms with Gasteiger partial charge in [0.05, 0.1) is 6.61 Å². The second-order valence-corrected chi connectivity index (χ2v) is 3.32. The molecule has 4 nitrogen and oxygen atoms in total. The topological polar surface area (TPSA) is 70.7 Å². The summed E-state index contributed by atoms with van der Waals surface area (Å²) in [5.74, 6) is -0.665. The first-order valence-electron chi connectivity index (χ1n) is 4.74. The van der Waals surface area contributed by atoms with Crippen LogP contribution in [0.15, 0.2) is 40.8 Å². The first-order chi connectivity index (χ1) is 7.70. The van der Waals surface area contributed by atoms with Gasteiger partial charge in [0.15, 0.2) is 0 Å². The van der Waals surface area contributed by atoms with Gasteiger partial charge in [0.1, 0.15) is 5.76 Å². The Bertz CT molecular complexity index is 496. The fraction of sp³-hybridized carbons (Fsp3) is 0.0833. The lowest BCUT2D eigenvalue weighted by Gasteiger charge is -1.98. The molecule has 0 fully saturated rings. The standard InChI is InChI=1S/C12H10O4/c13-7-8-1-3-9(4-2-8)10-5-6-11(16-10)12(14)15/h1-6,13H,7H2,(H,14,15). The van der Waals surface area contributed by atoms with E-state index in [1.54, 1.807) is 30.3 Å². The van der Waals surface area contributed by atoms with E-state index < -0.39 is 5.97 Å². The molecule has 82 valence electrons. The summed E-state index contributed by atoms with van der Waals surface area (Å²) in [6, 6.07) is 10.1. The molecule has 2 N–H and O–H groups in total. The quantitative estimate of drug-likeness (QED) is 0.827. The number of carboxylic acid groups (broad SMARTS) is 1. The zero-order valence-electron chi connectivity index (χ0n) is 8.38. The SMILES string of the molecule is O=C(O)c1ccc(-c2ccc(CO)cc2)o1. The fourth-order valence-corrected chi connectivity index (χ4v) is 1.38. The molecule has 0 saturated carbocycles. The lowest BCUT2D eigenvalue weighted by atomic mass is 10.1. The van der Waals surface area contributed by atoms with Crippen molar-refractivity contribution in [3.63, 3.8) is 0 Å². The number of rotatable bonds is 3. The monoisotopic (exact) mass is 218 g/mol. The summed E-state index contributed by atoms with van der Waals surface area (Å²) in [5.41, 5.74) is 1.58. The van der Waals surface area contributed by atoms with Crippen molar-refractivity contribution in [2.75, 3.05) is 0 Å². The second-order valence-electron chi connectivity index (χ2n) is 3.32. The molecule has 0 atom stereocenters. The van der Waals surface area contributed by atoms with E-state index in [9.17, 15) is 4.79 Å². The zero-order valence-corrected chi connectivity index (χ0v) is 8.38. The van der Waals surface area contributed by atoms with Crippen molar-refractivity contribution in [3.05, 3.63) is 47.7 Å². The summed E-state index contributed by atoms with van der Waals surface area (Å²) >= 11 is 0. The molecule has 0 aliphatic heterocycles. The van der Waals surface area contributed by atoms with Crippen LogP contribution in [0.4, 0.5) is 0 Å². The molecule has 1 aromatic carbocycles. The number of furan rings is 1. The lowest BCUT2D eigenvalue weighted by molar-refractivity contribution is 0.0663. The van der Waals surface area contributed by atoms with Crippen molar-refractivity contribution in [2.45, 2.75) is 6.61 Å². The smallest absolute Gasteiger partial charge is 0.371 e. The number of aromatic carboxylic acids is 1. The van der Waals surface area contributed by atoms with Crippen LogP contribution >= 0.6 is 0 Å². The highest BCUT2D eigenvalue weighted by Crippen LogP contribution is 2.22. The largest absolute Gasteiger partial charge is 0.475 e. The molecular weight excluding hydrogens is 208 g/mol. The maximum absolute atomic E-state index is 10.6. The molecule has 0 saturated heterocycles. The number of carboxylic acids is 1. The van der Waals surface area contributed by atoms with Crippen LogP contribution in [0.2, 0.25) is 0 Å². The van der Waals surface area contributed by atoms with Crippen LogP contribution in [0, 0.1) is 0 Å². The summed E-state index contributed by atoms with van der Waals surface area (Å²) in [6.07, 6.45) is 0. The fourth-order valence-electron chi connectivity index (χ4n) is 1.38. The van der Waals surface area contributed by atoms with E-state index in [4.69, 9.17) is 14.6 Å². The van der Waals surface area contributed by atoms with Gasteiger partial charge in [0.25, 0.3) is 0 Å². The molecule has 0 aliphatic carbocycles. The molecule has 1 heterocycles. The average molecular weight is 218 g/mol. The van der Waals surface area contributed by atoms with Crippen LogP contribution in [-0.4, -0.2) is 16.2 Å². The van der Waals surface area contributed by atoms with Gasteiger partial charge in [-0.3, -0.25) is 0 Å². The Morgan fingerprint density at radius 1 is 1.12 bits per heavy atom. The third-order valence-electron chi connectivity index (χ3n) is 2.24. The normalized spacial score (nSPS) is 10.3. The Balaban J connectivity index is 2.31. The Hall–Kier alpha value is -2.07. The third kappa shape index (κ3) is 1.97. The number of hydrogen-bond donors (Lipinski definition) is 2. The summed E-state index contributed by atoms with van der Waals surface area (Å²) in [6.45, 7) is -0.0151. The molecule has 0 radical (unpaired) electrons. The zero-order chi connectivity index (χ0) is 11.5. The first kappa shape index (κ1) is 10.4. The van der Waals surface area contributed by atoms with Crippen LogP contribution in [0.3, 0.4) is 0 Å². The number of aliphatic hydroxyl groups excluding tert-OH is 1. The Kier molecular flexibility index (Phi) is 2.74. The summed E-state index contributed by atoms with van der Waals surface area (Å²) in [5, 5.41) is 17.6. The minimum absolute atomic E-state index is 0.0151. The van der Waals surface area contributed by atoms with E-state index in [1.165, 1.54) is 6.07 Å². The minimum Gasteiger partial charge on any atom is -0.475 e. The van der Waals surface area contributed by atoms with E-state index in [0.717, 1.165) is 11.1 Å². The van der Waals surface area contributed by atoms with Gasteiger partial charge in [-0.15, -0.1) is 0 Å². The van der Waals surface area contributed by atoms with E-state index in [1.807, 2.05) is 0 Å². The van der Waals surface area contributed by atoms with Gasteiger partial charge in [-0.05, 0) is 17.7 Å². The molecule has 16 heavy (non-hydrogen) atoms. The highest BCUT2D eigenvalue weighted by atomic mass is 16.4. The third-order valence-corrected chi connectivity index (χ3v) is 2.24. The van der Waals surface area contributed by atoms with Gasteiger partial charge < -0.3 is 14.6 Å². The van der Waals surface area contributed by atoms with Crippen molar-refractivity contribution < 1.29 is 19.4 Å². The van der Waals surface area contributed by atoms with E-state index in [0.29, 0.717) is 5.76 Å². The van der Waals surface area contributed by atoms with Crippen molar-refractivity contribution >= 4 is 5.97 Å². The Labute approximate surface area is 91.8 Å². The predicted molar refractivity (Wildman–Crippen MR) is 57.0 cm³/mol. The van der Waals surface area contributed by atoms with Gasteiger partial charge >= 0.3 is 5.97 Å². The van der Waals surface area contributed by atoms with Gasteiger partial charge in [-0.1, -0.05) is 24.3 Å². The molecular formula is C12H10O4. The lowest BCUT2D eigenvalue weighted by Crippen LogP contribution is -1.91. The molecule has 0 aliphatic rings. The number of aliphatic hydroxyl groups is 1. The highest BCUT2D eigenvalue weighted by Gasteiger charge is 2.09. The number of hydrogen-bond acceptors (Lipinski definition) is 3. The average Bonchev–Trinajstić information content (AvgIpc) is 2.78. The van der Waals surface area contributed by atoms with Crippen LogP contribution in [0.5, 0.6) is 0 Å². The first-order valence-corrected chi connectivity index (χ1v) is 4.74. The number of carbonyl (C=O) groups is 1. The second kappa shape index (κ2) is 4.20. The maximum Gasteiger partial charge on any atom is 0.371 e. The van der Waals surface area contributed by atoms with E-state index in [2.05, 4.69) is 0 Å². The van der Waals surface area contributed by atoms with E-state index in [-0.39, 0.29) is 12.4 Å². The van der Waals surface area contributed by atoms with Gasteiger partial charge in [-0.25, -0.2) is 4.79 Å². The van der Waals surface area contributed by atoms with Crippen LogP contribution in [-0.2, 0) is 6.61 Å². The summed E-state index contributed by atoms with van der Waals surface area (Å²) < 4.78 is 5.14. The Morgan fingerprint density at radius 2 is 1.81 bits per heavy atom. The Morgan fingerprint density at radius 3 is 2.31 bits per heavy atom. The summed E-state index contributed by atoms with van der Waals surface area (Å²) in [7, 11) is 0. The van der Waals surface area contributed by atoms with Crippen molar-refractivity contribution in [1.29, 1.82) is 0 Å². The molecule has 4 heteroatoms. The molecule has 2 rings (SSSR count). The maximum atomic E-state index is 10.6. The van der Waals surface area contributed by atoms with Crippen LogP contribution < -0.4 is 0 Å². The van der Waals surface area contributed by atoms with Gasteiger partial charge in [-0.2, -0.15) is 0 Å². The molecule has 0 spiro atoms. The van der Waals surface area contributed by atoms with Crippen molar-refractivity contribution in [3.8, 4) is 11.3 Å². The van der Waals surface area contributed by atoms with Gasteiger partial charge in [0, 0.05) is 5.56 Å². The molecule has 2 aromatic rings. The molecule has 0 amide bonds. The minimum atomic E-state index is -1.08. The van der Waals surface area contributed by atoms with E-state index >= 15 is 0 Å². The highest BCUT2D eigenvalue weighted by molar-refractivity contribution is 5.85. The molecule has 1 aromatic heterocycles. The molecule has 0 bridgehead atoms. The number of benzene rings is 1. The van der Waals surface area contributed by atoms with Crippen LogP contribution in [0.1, 0.15) is 16.1 Å². The summed E-state index contributed by atoms with van der Waals surface area (Å²) in [4.78, 5) is 10.6. The van der Waals surface area contributed by atoms with Crippen molar-refractivity contribution in [2.24, 2.45) is 0 Å². The van der Waals surface area contributed by atoms with Gasteiger partial charge in [0.2, 0.25) is 5.76 Å². The van der Waals surface area contributed by atoms with Crippen molar-refractivity contribution in [1.82, 2.24) is 0 Å². The predicted octanol–water partition coefficient (Wildman–Crippen LogP) is 2.14.